The number of benzene rings is 1. The second kappa shape index (κ2) is 11.2. The number of hydrogen-bond acceptors (Lipinski definition) is 6. The van der Waals surface area contributed by atoms with Crippen molar-refractivity contribution in [1.29, 1.82) is 0 Å². The number of carbonyl (C=O) groups excluding carboxylic acids is 2. The summed E-state index contributed by atoms with van der Waals surface area (Å²) in [5.74, 6) is -3.55. The van der Waals surface area contributed by atoms with Gasteiger partial charge in [-0.1, -0.05) is 54.7 Å². The lowest BCUT2D eigenvalue weighted by molar-refractivity contribution is -0.115. The quantitative estimate of drug-likeness (QED) is 0.479. The molecule has 12 heteroatoms. The molecule has 1 aliphatic heterocycles. The van der Waals surface area contributed by atoms with Gasteiger partial charge in [0.15, 0.2) is 15.0 Å². The van der Waals surface area contributed by atoms with Crippen molar-refractivity contribution in [3.63, 3.8) is 0 Å². The van der Waals surface area contributed by atoms with Gasteiger partial charge in [-0.3, -0.25) is 9.59 Å². The molecule has 0 saturated carbocycles. The van der Waals surface area contributed by atoms with E-state index in [2.05, 4.69) is 16.9 Å². The molecular weight excluding hydrogens is 520 g/mol. The van der Waals surface area contributed by atoms with Crippen LogP contribution in [0.5, 0.6) is 0 Å². The highest BCUT2D eigenvalue weighted by Gasteiger charge is 2.28. The number of halogens is 3. The Labute approximate surface area is 210 Å². The molecule has 1 aliphatic rings. The van der Waals surface area contributed by atoms with Crippen LogP contribution in [-0.2, 0) is 27.5 Å². The van der Waals surface area contributed by atoms with Gasteiger partial charge in [-0.15, -0.1) is 0 Å². The molecule has 0 atom stereocenters. The van der Waals surface area contributed by atoms with E-state index < -0.39 is 44.3 Å². The van der Waals surface area contributed by atoms with Crippen molar-refractivity contribution in [2.45, 2.75) is 24.7 Å². The maximum atomic E-state index is 14.4. The van der Waals surface area contributed by atoms with Gasteiger partial charge in [0.1, 0.15) is 16.5 Å². The average Bonchev–Trinajstić information content (AvgIpc) is 3.20. The molecule has 0 aliphatic carbocycles. The highest BCUT2D eigenvalue weighted by molar-refractivity contribution is 7.91. The van der Waals surface area contributed by atoms with Crippen LogP contribution in [0.25, 0.3) is 0 Å². The zero-order valence-electron chi connectivity index (χ0n) is 18.7. The van der Waals surface area contributed by atoms with E-state index in [-0.39, 0.29) is 16.8 Å². The van der Waals surface area contributed by atoms with Crippen LogP contribution < -0.4 is 5.32 Å². The number of thiazole rings is 1. The second-order valence-corrected chi connectivity index (χ2v) is 11.3. The van der Waals surface area contributed by atoms with Crippen LogP contribution >= 0.6 is 22.9 Å². The Morgan fingerprint density at radius 3 is 2.63 bits per heavy atom. The highest BCUT2D eigenvalue weighted by Crippen LogP contribution is 2.29. The predicted octanol–water partition coefficient (Wildman–Crippen LogP) is 4.26. The minimum absolute atomic E-state index is 0.139. The lowest BCUT2D eigenvalue weighted by Gasteiger charge is -2.24. The number of fused-ring (bicyclic) bond motifs is 1. The van der Waals surface area contributed by atoms with E-state index in [9.17, 15) is 26.8 Å². The lowest BCUT2D eigenvalue weighted by atomic mass is 10.1. The first-order valence-electron chi connectivity index (χ1n) is 10.5. The number of amides is 2. The predicted molar refractivity (Wildman–Crippen MR) is 131 cm³/mol. The molecule has 0 bridgehead atoms. The largest absolute Gasteiger partial charge is 0.334 e. The SMILES string of the molecule is C=C(Cl)/C=C\C=C/CN1CCc2nc(NC(=O)Cc3c(F)cc(S(=O)(=O)CC)cc3F)sc2C1=O. The summed E-state index contributed by atoms with van der Waals surface area (Å²) in [7, 11) is -3.80. The summed E-state index contributed by atoms with van der Waals surface area (Å²) in [5.41, 5.74) is -0.0138. The molecule has 0 spiro atoms. The molecule has 0 radical (unpaired) electrons. The van der Waals surface area contributed by atoms with Crippen molar-refractivity contribution in [2.75, 3.05) is 24.2 Å². The van der Waals surface area contributed by atoms with Gasteiger partial charge in [-0.2, -0.15) is 0 Å². The van der Waals surface area contributed by atoms with Crippen LogP contribution in [0.1, 0.15) is 27.9 Å². The first kappa shape index (κ1) is 26.7. The van der Waals surface area contributed by atoms with E-state index in [1.807, 2.05) is 0 Å². The first-order valence-corrected chi connectivity index (χ1v) is 13.3. The van der Waals surface area contributed by atoms with E-state index in [0.717, 1.165) is 11.3 Å². The van der Waals surface area contributed by atoms with E-state index in [0.29, 0.717) is 47.2 Å². The van der Waals surface area contributed by atoms with Crippen LogP contribution in [-0.4, -0.2) is 49.0 Å². The van der Waals surface area contributed by atoms with E-state index >= 15 is 0 Å². The number of rotatable bonds is 9. The molecule has 1 aromatic carbocycles. The van der Waals surface area contributed by atoms with Crippen molar-refractivity contribution < 1.29 is 26.8 Å². The number of nitrogens with zero attached hydrogens (tertiary/aromatic N) is 2. The van der Waals surface area contributed by atoms with Gasteiger partial charge in [0.05, 0.1) is 22.8 Å². The fourth-order valence-electron chi connectivity index (χ4n) is 3.25. The molecule has 35 heavy (non-hydrogen) atoms. The van der Waals surface area contributed by atoms with E-state index in [4.69, 9.17) is 11.6 Å². The summed E-state index contributed by atoms with van der Waals surface area (Å²) >= 11 is 6.62. The monoisotopic (exact) mass is 541 g/mol. The van der Waals surface area contributed by atoms with Crippen LogP contribution in [0.3, 0.4) is 0 Å². The van der Waals surface area contributed by atoms with Gasteiger partial charge in [-0.05, 0) is 18.2 Å². The van der Waals surface area contributed by atoms with E-state index in [1.54, 1.807) is 29.2 Å². The van der Waals surface area contributed by atoms with Crippen molar-refractivity contribution in [1.82, 2.24) is 9.88 Å². The first-order chi connectivity index (χ1) is 16.5. The van der Waals surface area contributed by atoms with Crippen LogP contribution in [0, 0.1) is 11.6 Å². The Morgan fingerprint density at radius 1 is 1.31 bits per heavy atom. The van der Waals surface area contributed by atoms with Crippen LogP contribution in [0.15, 0.2) is 52.9 Å². The number of anilines is 1. The van der Waals surface area contributed by atoms with Gasteiger partial charge in [-0.25, -0.2) is 22.2 Å². The summed E-state index contributed by atoms with van der Waals surface area (Å²) in [6, 6.07) is 1.41. The second-order valence-electron chi connectivity index (χ2n) is 7.52. The van der Waals surface area contributed by atoms with Gasteiger partial charge >= 0.3 is 0 Å². The Balaban J connectivity index is 1.67. The number of allylic oxidation sites excluding steroid dienone is 4. The molecular formula is C23H22ClF2N3O4S2. The third-order valence-corrected chi connectivity index (χ3v) is 7.93. The fourth-order valence-corrected chi connectivity index (χ4v) is 5.22. The number of hydrogen-bond donors (Lipinski definition) is 1. The maximum absolute atomic E-state index is 14.4. The van der Waals surface area contributed by atoms with Gasteiger partial charge in [0.25, 0.3) is 5.91 Å². The molecule has 3 rings (SSSR count). The molecule has 1 aromatic heterocycles. The maximum Gasteiger partial charge on any atom is 0.266 e. The zero-order valence-corrected chi connectivity index (χ0v) is 21.1. The van der Waals surface area contributed by atoms with Crippen molar-refractivity contribution in [2.24, 2.45) is 0 Å². The van der Waals surface area contributed by atoms with Crippen LogP contribution in [0.4, 0.5) is 13.9 Å². The van der Waals surface area contributed by atoms with Gasteiger partial charge in [0, 0.05) is 30.1 Å². The Bertz CT molecular complexity index is 1310. The van der Waals surface area contributed by atoms with Crippen molar-refractivity contribution in [3.8, 4) is 0 Å². The highest BCUT2D eigenvalue weighted by atomic mass is 35.5. The molecule has 2 amide bonds. The Hall–Kier alpha value is -2.89. The molecule has 0 saturated heterocycles. The number of carbonyl (C=O) groups is 2. The summed E-state index contributed by atoms with van der Waals surface area (Å²) < 4.78 is 52.5. The summed E-state index contributed by atoms with van der Waals surface area (Å²) in [5, 5.41) is 2.99. The standard InChI is InChI=1S/C23H22ClF2N3O4S2/c1-3-35(32,33)15-11-17(25)16(18(26)12-15)13-20(30)28-23-27-19-8-10-29(22(31)21(19)34-23)9-6-4-5-7-14(2)24/h4-7,11-12H,2-3,8-10,13H2,1H3,(H,27,28,30)/b6-4-,7-5-. The average molecular weight is 542 g/mol. The van der Waals surface area contributed by atoms with Crippen molar-refractivity contribution >= 4 is 49.7 Å². The minimum Gasteiger partial charge on any atom is -0.334 e. The molecule has 0 fully saturated rings. The third-order valence-electron chi connectivity index (χ3n) is 5.08. The molecule has 1 N–H and O–H groups in total. The van der Waals surface area contributed by atoms with Gasteiger partial charge < -0.3 is 10.2 Å². The third kappa shape index (κ3) is 6.62. The topological polar surface area (TPSA) is 96.4 Å². The normalized spacial score (nSPS) is 14.1. The summed E-state index contributed by atoms with van der Waals surface area (Å²) in [4.78, 5) is 31.0. The Kier molecular flexibility index (Phi) is 8.57. The molecule has 7 nitrogen and oxygen atoms in total. The molecule has 2 heterocycles. The Morgan fingerprint density at radius 2 is 2.00 bits per heavy atom. The summed E-state index contributed by atoms with van der Waals surface area (Å²) in [6.45, 7) is 5.72. The van der Waals surface area contributed by atoms with Gasteiger partial charge in [0.2, 0.25) is 5.91 Å². The van der Waals surface area contributed by atoms with Crippen molar-refractivity contribution in [3.05, 3.63) is 75.8 Å². The molecule has 0 unspecified atom stereocenters. The zero-order chi connectivity index (χ0) is 25.8. The van der Waals surface area contributed by atoms with Crippen LogP contribution in [0.2, 0.25) is 0 Å². The molecule has 186 valence electrons. The fraction of sp³-hybridized carbons (Fsp3) is 0.261. The number of sulfone groups is 1. The smallest absolute Gasteiger partial charge is 0.266 e. The number of aromatic nitrogens is 1. The lowest BCUT2D eigenvalue weighted by Crippen LogP contribution is -2.36. The molecule has 2 aromatic rings. The minimum atomic E-state index is -3.80. The summed E-state index contributed by atoms with van der Waals surface area (Å²) in [6.07, 6.45) is 6.69. The van der Waals surface area contributed by atoms with E-state index in [1.165, 1.54) is 6.92 Å². The number of nitrogens with one attached hydrogen (secondary N) is 1.